The van der Waals surface area contributed by atoms with Crippen LogP contribution in [0.25, 0.3) is 0 Å². The summed E-state index contributed by atoms with van der Waals surface area (Å²) in [5.74, 6) is 1.25. The highest BCUT2D eigenvalue weighted by atomic mass is 16.5. The molecule has 0 aromatic heterocycles. The van der Waals surface area contributed by atoms with E-state index in [0.717, 1.165) is 44.7 Å². The second-order valence-electron chi connectivity index (χ2n) is 7.60. The van der Waals surface area contributed by atoms with Crippen molar-refractivity contribution >= 4 is 5.91 Å². The van der Waals surface area contributed by atoms with E-state index in [1.165, 1.54) is 45.3 Å². The van der Waals surface area contributed by atoms with Crippen molar-refractivity contribution < 1.29 is 9.53 Å². The Bertz CT molecular complexity index is 394. The average Bonchev–Trinajstić information content (AvgIpc) is 3.02. The first-order valence-electron chi connectivity index (χ1n) is 8.93. The van der Waals surface area contributed by atoms with Crippen LogP contribution in [0.4, 0.5) is 0 Å². The second-order valence-corrected chi connectivity index (χ2v) is 7.60. The maximum absolute atomic E-state index is 12.5. The SMILES string of the molecule is O=C([C@@H]1CCC2(CCN(CC3CC3)CC2)O1)N1CCCC1. The third kappa shape index (κ3) is 2.98. The van der Waals surface area contributed by atoms with Gasteiger partial charge in [-0.2, -0.15) is 0 Å². The average molecular weight is 292 g/mol. The van der Waals surface area contributed by atoms with E-state index in [4.69, 9.17) is 4.74 Å². The van der Waals surface area contributed by atoms with Gasteiger partial charge in [-0.25, -0.2) is 0 Å². The Morgan fingerprint density at radius 1 is 1.00 bits per heavy atom. The van der Waals surface area contributed by atoms with Crippen LogP contribution in [-0.4, -0.2) is 60.1 Å². The highest BCUT2D eigenvalue weighted by Crippen LogP contribution is 2.40. The van der Waals surface area contributed by atoms with Crippen molar-refractivity contribution in [1.29, 1.82) is 0 Å². The third-order valence-corrected chi connectivity index (χ3v) is 5.93. The van der Waals surface area contributed by atoms with Crippen molar-refractivity contribution in [3.63, 3.8) is 0 Å². The summed E-state index contributed by atoms with van der Waals surface area (Å²) in [7, 11) is 0. The Morgan fingerprint density at radius 3 is 2.38 bits per heavy atom. The van der Waals surface area contributed by atoms with E-state index in [0.29, 0.717) is 0 Å². The highest BCUT2D eigenvalue weighted by Gasteiger charge is 2.46. The summed E-state index contributed by atoms with van der Waals surface area (Å²) in [5, 5.41) is 0. The highest BCUT2D eigenvalue weighted by molar-refractivity contribution is 5.81. The van der Waals surface area contributed by atoms with Crippen molar-refractivity contribution in [3.05, 3.63) is 0 Å². The van der Waals surface area contributed by atoms with Crippen LogP contribution < -0.4 is 0 Å². The molecule has 3 saturated heterocycles. The van der Waals surface area contributed by atoms with E-state index >= 15 is 0 Å². The number of hydrogen-bond acceptors (Lipinski definition) is 3. The Balaban J connectivity index is 1.30. The number of piperidine rings is 1. The minimum absolute atomic E-state index is 0.0279. The van der Waals surface area contributed by atoms with Gasteiger partial charge in [-0.3, -0.25) is 4.79 Å². The van der Waals surface area contributed by atoms with Crippen LogP contribution in [0, 0.1) is 5.92 Å². The maximum atomic E-state index is 12.5. The number of carbonyl (C=O) groups is 1. The smallest absolute Gasteiger partial charge is 0.251 e. The molecule has 4 nitrogen and oxygen atoms in total. The van der Waals surface area contributed by atoms with Crippen molar-refractivity contribution in [3.8, 4) is 0 Å². The monoisotopic (exact) mass is 292 g/mol. The normalized spacial score (nSPS) is 33.0. The molecule has 118 valence electrons. The molecule has 0 bridgehead atoms. The molecule has 0 aromatic carbocycles. The van der Waals surface area contributed by atoms with Crippen molar-refractivity contribution in [2.75, 3.05) is 32.7 Å². The molecule has 21 heavy (non-hydrogen) atoms. The standard InChI is InChI=1S/C17H28N2O2/c20-16(19-9-1-2-10-19)15-5-6-17(21-15)7-11-18(12-8-17)13-14-3-4-14/h14-15H,1-13H2/t15-/m0/s1. The zero-order valence-corrected chi connectivity index (χ0v) is 13.1. The fourth-order valence-corrected chi connectivity index (χ4v) is 4.31. The zero-order valence-electron chi connectivity index (χ0n) is 13.1. The van der Waals surface area contributed by atoms with E-state index in [1.54, 1.807) is 0 Å². The maximum Gasteiger partial charge on any atom is 0.251 e. The zero-order chi connectivity index (χ0) is 14.3. The first-order valence-corrected chi connectivity index (χ1v) is 8.93. The molecule has 0 N–H and O–H groups in total. The summed E-state index contributed by atoms with van der Waals surface area (Å²) in [4.78, 5) is 17.1. The van der Waals surface area contributed by atoms with Gasteiger partial charge in [-0.05, 0) is 57.3 Å². The van der Waals surface area contributed by atoms with Crippen LogP contribution in [0.15, 0.2) is 0 Å². The third-order valence-electron chi connectivity index (χ3n) is 5.93. The Hall–Kier alpha value is -0.610. The predicted molar refractivity (Wildman–Crippen MR) is 81.1 cm³/mol. The summed E-state index contributed by atoms with van der Waals surface area (Å²) in [5.41, 5.74) is 0.0279. The molecule has 4 rings (SSSR count). The fraction of sp³-hybridized carbons (Fsp3) is 0.941. The van der Waals surface area contributed by atoms with Gasteiger partial charge < -0.3 is 14.5 Å². The lowest BCUT2D eigenvalue weighted by atomic mass is 9.88. The van der Waals surface area contributed by atoms with Gasteiger partial charge in [0, 0.05) is 32.7 Å². The van der Waals surface area contributed by atoms with E-state index < -0.39 is 0 Å². The number of nitrogens with zero attached hydrogens (tertiary/aromatic N) is 2. The number of amides is 1. The topological polar surface area (TPSA) is 32.8 Å². The molecule has 1 amide bonds. The van der Waals surface area contributed by atoms with Gasteiger partial charge in [0.25, 0.3) is 5.91 Å². The van der Waals surface area contributed by atoms with Crippen molar-refractivity contribution in [1.82, 2.24) is 9.80 Å². The minimum atomic E-state index is -0.141. The number of likely N-dealkylation sites (tertiary alicyclic amines) is 2. The second kappa shape index (κ2) is 5.54. The molecule has 0 unspecified atom stereocenters. The number of ether oxygens (including phenoxy) is 1. The van der Waals surface area contributed by atoms with Gasteiger partial charge >= 0.3 is 0 Å². The lowest BCUT2D eigenvalue weighted by Gasteiger charge is -2.39. The van der Waals surface area contributed by atoms with Gasteiger partial charge in [0.05, 0.1) is 5.60 Å². The van der Waals surface area contributed by atoms with Crippen LogP contribution in [-0.2, 0) is 9.53 Å². The van der Waals surface area contributed by atoms with Crippen LogP contribution >= 0.6 is 0 Å². The van der Waals surface area contributed by atoms with Gasteiger partial charge in [0.1, 0.15) is 6.10 Å². The molecule has 4 aliphatic rings. The van der Waals surface area contributed by atoms with E-state index in [2.05, 4.69) is 4.90 Å². The molecule has 4 fully saturated rings. The van der Waals surface area contributed by atoms with E-state index in [-0.39, 0.29) is 17.6 Å². The van der Waals surface area contributed by atoms with Crippen LogP contribution in [0.2, 0.25) is 0 Å². The molecule has 3 heterocycles. The summed E-state index contributed by atoms with van der Waals surface area (Å²) in [6, 6.07) is 0. The molecule has 1 atom stereocenters. The molecule has 1 aliphatic carbocycles. The summed E-state index contributed by atoms with van der Waals surface area (Å²) >= 11 is 0. The molecule has 0 radical (unpaired) electrons. The quantitative estimate of drug-likeness (QED) is 0.798. The fourth-order valence-electron chi connectivity index (χ4n) is 4.31. The van der Waals surface area contributed by atoms with E-state index in [9.17, 15) is 4.79 Å². The molecule has 1 saturated carbocycles. The van der Waals surface area contributed by atoms with Gasteiger partial charge in [-0.15, -0.1) is 0 Å². The van der Waals surface area contributed by atoms with Gasteiger partial charge in [-0.1, -0.05) is 0 Å². The summed E-state index contributed by atoms with van der Waals surface area (Å²) in [6.45, 7) is 5.52. The largest absolute Gasteiger partial charge is 0.362 e. The van der Waals surface area contributed by atoms with E-state index in [1.807, 2.05) is 4.90 Å². The van der Waals surface area contributed by atoms with Gasteiger partial charge in [0.15, 0.2) is 0 Å². The Kier molecular flexibility index (Phi) is 3.70. The predicted octanol–water partition coefficient (Wildman–Crippen LogP) is 2.03. The molecule has 4 heteroatoms. The van der Waals surface area contributed by atoms with Crippen LogP contribution in [0.3, 0.4) is 0 Å². The molecule has 1 spiro atoms. The number of hydrogen-bond donors (Lipinski definition) is 0. The van der Waals surface area contributed by atoms with Crippen LogP contribution in [0.5, 0.6) is 0 Å². The van der Waals surface area contributed by atoms with Crippen molar-refractivity contribution in [2.24, 2.45) is 5.92 Å². The lowest BCUT2D eigenvalue weighted by molar-refractivity contribution is -0.150. The first kappa shape index (κ1) is 14.0. The summed E-state index contributed by atoms with van der Waals surface area (Å²) < 4.78 is 6.32. The Morgan fingerprint density at radius 2 is 1.71 bits per heavy atom. The molecular formula is C17H28N2O2. The first-order chi connectivity index (χ1) is 10.2. The van der Waals surface area contributed by atoms with Crippen LogP contribution in [0.1, 0.15) is 51.4 Å². The lowest BCUT2D eigenvalue weighted by Crippen LogP contribution is -2.46. The Labute approximate surface area is 127 Å². The molecule has 3 aliphatic heterocycles. The number of rotatable bonds is 3. The van der Waals surface area contributed by atoms with Crippen molar-refractivity contribution in [2.45, 2.75) is 63.1 Å². The molecule has 0 aromatic rings. The minimum Gasteiger partial charge on any atom is -0.362 e. The molecular weight excluding hydrogens is 264 g/mol. The van der Waals surface area contributed by atoms with Gasteiger partial charge in [0.2, 0.25) is 0 Å². The number of carbonyl (C=O) groups excluding carboxylic acids is 1. The summed E-state index contributed by atoms with van der Waals surface area (Å²) in [6.07, 6.45) is 9.35.